The Hall–Kier alpha value is -1.02. The Bertz CT molecular complexity index is 429. The molecule has 146 valence electrons. The van der Waals surface area contributed by atoms with E-state index in [-0.39, 0.29) is 24.4 Å². The van der Waals surface area contributed by atoms with Crippen LogP contribution < -0.4 is 10.6 Å². The minimum Gasteiger partial charge on any atom is -0.480 e. The summed E-state index contributed by atoms with van der Waals surface area (Å²) < 4.78 is 0. The summed E-state index contributed by atoms with van der Waals surface area (Å²) in [7, 11) is 0. The van der Waals surface area contributed by atoms with Gasteiger partial charge in [0, 0.05) is 18.6 Å². The minimum absolute atomic E-state index is 0.0296. The van der Waals surface area contributed by atoms with Gasteiger partial charge in [0.15, 0.2) is 5.78 Å². The number of likely N-dealkylation sites (tertiary alicyclic amines) is 1. The molecule has 0 amide bonds. The van der Waals surface area contributed by atoms with Crippen molar-refractivity contribution in [1.82, 2.24) is 15.5 Å². The third-order valence-corrected chi connectivity index (χ3v) is 4.65. The smallest absolute Gasteiger partial charge is 0.320 e. The van der Waals surface area contributed by atoms with E-state index in [1.165, 1.54) is 0 Å². The molecule has 1 heterocycles. The highest BCUT2D eigenvalue weighted by atomic mass is 16.4. The lowest BCUT2D eigenvalue weighted by Crippen LogP contribution is -2.47. The molecule has 25 heavy (non-hydrogen) atoms. The summed E-state index contributed by atoms with van der Waals surface area (Å²) >= 11 is 0. The van der Waals surface area contributed by atoms with Crippen LogP contribution in [0.5, 0.6) is 0 Å². The van der Waals surface area contributed by atoms with Gasteiger partial charge in [0.1, 0.15) is 6.04 Å². The number of carboxylic acid groups (broad SMARTS) is 1. The monoisotopic (exact) mass is 357 g/mol. The number of nitrogens with one attached hydrogen (secondary N) is 2. The number of hydrogen-bond acceptors (Lipinski definition) is 6. The van der Waals surface area contributed by atoms with Crippen LogP contribution >= 0.6 is 0 Å². The van der Waals surface area contributed by atoms with Gasteiger partial charge in [-0.2, -0.15) is 0 Å². The van der Waals surface area contributed by atoms with Crippen molar-refractivity contribution in [3.8, 4) is 0 Å². The highest BCUT2D eigenvalue weighted by Gasteiger charge is 2.37. The van der Waals surface area contributed by atoms with Crippen molar-refractivity contribution in [3.05, 3.63) is 0 Å². The number of hydrogen-bond donors (Lipinski definition) is 4. The number of rotatable bonds is 12. The van der Waals surface area contributed by atoms with Crippen LogP contribution in [0.15, 0.2) is 0 Å². The number of ketones is 1. The molecule has 0 spiro atoms. The van der Waals surface area contributed by atoms with Gasteiger partial charge in [-0.1, -0.05) is 20.3 Å². The third-order valence-electron chi connectivity index (χ3n) is 4.65. The quantitative estimate of drug-likeness (QED) is 0.380. The summed E-state index contributed by atoms with van der Waals surface area (Å²) in [6.07, 6.45) is 2.15. The Balaban J connectivity index is 2.40. The lowest BCUT2D eigenvalue weighted by Gasteiger charge is -2.27. The molecule has 0 aromatic heterocycles. The number of β-amino-alcohol motifs (C(OH)–C–C–N with tert-alkyl or cyclic N) is 1. The Morgan fingerprint density at radius 2 is 1.84 bits per heavy atom. The SMILES string of the molecule is CC(C)NCCCCC(NCC(=O)C1CC(O)CN1C(C)C)C(=O)O. The summed E-state index contributed by atoms with van der Waals surface area (Å²) in [4.78, 5) is 25.8. The second-order valence-corrected chi connectivity index (χ2v) is 7.54. The van der Waals surface area contributed by atoms with Crippen molar-refractivity contribution in [3.63, 3.8) is 0 Å². The fourth-order valence-electron chi connectivity index (χ4n) is 3.24. The first-order valence-electron chi connectivity index (χ1n) is 9.38. The van der Waals surface area contributed by atoms with E-state index in [0.29, 0.717) is 25.4 Å². The molecular weight excluding hydrogens is 322 g/mol. The van der Waals surface area contributed by atoms with Crippen LogP contribution in [0, 0.1) is 0 Å². The summed E-state index contributed by atoms with van der Waals surface area (Å²) in [5.41, 5.74) is 0. The predicted octanol–water partition coefficient (Wildman–Crippen LogP) is 0.610. The highest BCUT2D eigenvalue weighted by Crippen LogP contribution is 2.21. The maximum atomic E-state index is 12.5. The number of unbranched alkanes of at least 4 members (excludes halogenated alkanes) is 1. The number of carbonyl (C=O) groups excluding carboxylic acids is 1. The number of carbonyl (C=O) groups is 2. The first-order valence-corrected chi connectivity index (χ1v) is 9.38. The van der Waals surface area contributed by atoms with Crippen molar-refractivity contribution in [2.45, 2.75) is 83.6 Å². The summed E-state index contributed by atoms with van der Waals surface area (Å²) in [6, 6.07) is -0.430. The highest BCUT2D eigenvalue weighted by molar-refractivity contribution is 5.87. The lowest BCUT2D eigenvalue weighted by atomic mass is 10.1. The topological polar surface area (TPSA) is 102 Å². The van der Waals surface area contributed by atoms with Gasteiger partial charge in [0.2, 0.25) is 0 Å². The third kappa shape index (κ3) is 7.81. The first-order chi connectivity index (χ1) is 11.7. The second kappa shape index (κ2) is 10.9. The maximum Gasteiger partial charge on any atom is 0.320 e. The van der Waals surface area contributed by atoms with E-state index in [9.17, 15) is 19.8 Å². The van der Waals surface area contributed by atoms with Gasteiger partial charge >= 0.3 is 5.97 Å². The molecule has 3 atom stereocenters. The normalized spacial score (nSPS) is 22.7. The number of carboxylic acids is 1. The zero-order valence-electron chi connectivity index (χ0n) is 16.0. The Labute approximate surface area is 151 Å². The number of aliphatic carboxylic acids is 1. The fraction of sp³-hybridized carbons (Fsp3) is 0.889. The molecule has 0 radical (unpaired) electrons. The van der Waals surface area contributed by atoms with Crippen molar-refractivity contribution < 1.29 is 19.8 Å². The van der Waals surface area contributed by atoms with Crippen LogP contribution in [0.1, 0.15) is 53.4 Å². The average molecular weight is 357 g/mol. The molecule has 4 N–H and O–H groups in total. The molecule has 1 saturated heterocycles. The molecule has 1 rings (SSSR count). The molecule has 1 aliphatic heterocycles. The second-order valence-electron chi connectivity index (χ2n) is 7.54. The zero-order valence-corrected chi connectivity index (χ0v) is 16.0. The molecular formula is C18H35N3O4. The first kappa shape index (κ1) is 22.0. The number of nitrogens with zero attached hydrogens (tertiary/aromatic N) is 1. The van der Waals surface area contributed by atoms with E-state index < -0.39 is 18.1 Å². The number of aliphatic hydroxyl groups excluding tert-OH is 1. The van der Waals surface area contributed by atoms with E-state index in [1.807, 2.05) is 18.7 Å². The Morgan fingerprint density at radius 1 is 1.16 bits per heavy atom. The zero-order chi connectivity index (χ0) is 19.0. The van der Waals surface area contributed by atoms with E-state index in [2.05, 4.69) is 24.5 Å². The number of aliphatic hydroxyl groups is 1. The molecule has 0 saturated carbocycles. The molecule has 7 nitrogen and oxygen atoms in total. The van der Waals surface area contributed by atoms with Crippen LogP contribution in [0.25, 0.3) is 0 Å². The minimum atomic E-state index is -0.920. The van der Waals surface area contributed by atoms with Gasteiger partial charge in [0.05, 0.1) is 18.7 Å². The van der Waals surface area contributed by atoms with Crippen LogP contribution in [0.3, 0.4) is 0 Å². The van der Waals surface area contributed by atoms with Gasteiger partial charge in [-0.25, -0.2) is 0 Å². The molecule has 0 bridgehead atoms. The van der Waals surface area contributed by atoms with Gasteiger partial charge in [-0.3, -0.25) is 19.8 Å². The lowest BCUT2D eigenvalue weighted by molar-refractivity contribution is -0.139. The standard InChI is InChI=1S/C18H35N3O4/c1-12(2)19-8-6-5-7-15(18(24)25)20-10-17(23)16-9-14(22)11-21(16)13(3)4/h12-16,19-20,22H,5-11H2,1-4H3,(H,24,25). The predicted molar refractivity (Wildman–Crippen MR) is 97.7 cm³/mol. The largest absolute Gasteiger partial charge is 0.480 e. The molecule has 0 aromatic rings. The van der Waals surface area contributed by atoms with Crippen molar-refractivity contribution in [2.75, 3.05) is 19.6 Å². The van der Waals surface area contributed by atoms with Crippen molar-refractivity contribution >= 4 is 11.8 Å². The van der Waals surface area contributed by atoms with Crippen LogP contribution in [0.2, 0.25) is 0 Å². The van der Waals surface area contributed by atoms with Crippen molar-refractivity contribution in [1.29, 1.82) is 0 Å². The molecule has 0 aliphatic carbocycles. The van der Waals surface area contributed by atoms with Gasteiger partial charge in [-0.15, -0.1) is 0 Å². The summed E-state index contributed by atoms with van der Waals surface area (Å²) in [6.45, 7) is 9.54. The molecule has 1 fully saturated rings. The van der Waals surface area contributed by atoms with Gasteiger partial charge in [-0.05, 0) is 39.7 Å². The summed E-state index contributed by atoms with van der Waals surface area (Å²) in [5, 5.41) is 25.4. The average Bonchev–Trinajstić information content (AvgIpc) is 2.91. The van der Waals surface area contributed by atoms with E-state index in [0.717, 1.165) is 19.4 Å². The van der Waals surface area contributed by atoms with E-state index in [4.69, 9.17) is 0 Å². The Kier molecular flexibility index (Phi) is 9.56. The Morgan fingerprint density at radius 3 is 2.40 bits per heavy atom. The molecule has 7 heteroatoms. The maximum absolute atomic E-state index is 12.5. The number of Topliss-reactive ketones (excluding diaryl/α,β-unsaturated/α-hetero) is 1. The van der Waals surface area contributed by atoms with Crippen molar-refractivity contribution in [2.24, 2.45) is 0 Å². The molecule has 3 unspecified atom stereocenters. The molecule has 0 aromatic carbocycles. The van der Waals surface area contributed by atoms with Crippen LogP contribution in [-0.2, 0) is 9.59 Å². The van der Waals surface area contributed by atoms with Gasteiger partial charge < -0.3 is 15.5 Å². The van der Waals surface area contributed by atoms with Gasteiger partial charge in [0.25, 0.3) is 0 Å². The summed E-state index contributed by atoms with van der Waals surface area (Å²) in [5.74, 6) is -0.963. The fourth-order valence-corrected chi connectivity index (χ4v) is 3.24. The van der Waals surface area contributed by atoms with E-state index in [1.54, 1.807) is 0 Å². The van der Waals surface area contributed by atoms with Crippen LogP contribution in [0.4, 0.5) is 0 Å². The van der Waals surface area contributed by atoms with Crippen LogP contribution in [-0.4, -0.2) is 76.8 Å². The van der Waals surface area contributed by atoms with E-state index >= 15 is 0 Å². The molecule has 1 aliphatic rings.